The summed E-state index contributed by atoms with van der Waals surface area (Å²) >= 11 is 1.54. The van der Waals surface area contributed by atoms with Crippen LogP contribution in [0.1, 0.15) is 45.7 Å². The molecule has 0 bridgehead atoms. The summed E-state index contributed by atoms with van der Waals surface area (Å²) in [6.07, 6.45) is 3.52. The van der Waals surface area contributed by atoms with E-state index in [9.17, 15) is 4.79 Å². The van der Waals surface area contributed by atoms with Gasteiger partial charge in [-0.15, -0.1) is 11.3 Å². The van der Waals surface area contributed by atoms with Crippen molar-refractivity contribution in [1.29, 1.82) is 0 Å². The summed E-state index contributed by atoms with van der Waals surface area (Å²) in [6, 6.07) is 1.95. The van der Waals surface area contributed by atoms with Gasteiger partial charge in [-0.2, -0.15) is 4.98 Å². The first-order chi connectivity index (χ1) is 10.6. The molecule has 0 unspecified atom stereocenters. The van der Waals surface area contributed by atoms with Crippen LogP contribution in [0.2, 0.25) is 0 Å². The van der Waals surface area contributed by atoms with Crippen molar-refractivity contribution in [2.45, 2.75) is 38.6 Å². The lowest BCUT2D eigenvalue weighted by Gasteiger charge is -2.34. The first-order valence-corrected chi connectivity index (χ1v) is 8.23. The molecule has 0 spiro atoms. The number of aromatic nitrogens is 2. The maximum absolute atomic E-state index is 12.7. The maximum Gasteiger partial charge on any atom is 0.262 e. The van der Waals surface area contributed by atoms with Crippen LogP contribution in [0, 0.1) is 6.92 Å². The SMILES string of the molecule is CCc1sc(C(=O)NC2(c3ncon3)CCOCC2)cc1C. The number of carbonyl (C=O) groups excluding carboxylic acids is 1. The Hall–Kier alpha value is -1.73. The number of hydrogen-bond acceptors (Lipinski definition) is 6. The van der Waals surface area contributed by atoms with E-state index in [0.29, 0.717) is 31.9 Å². The minimum absolute atomic E-state index is 0.0838. The molecule has 7 heteroatoms. The summed E-state index contributed by atoms with van der Waals surface area (Å²) in [4.78, 5) is 18.8. The van der Waals surface area contributed by atoms with E-state index < -0.39 is 5.54 Å². The second kappa shape index (κ2) is 6.18. The fraction of sp³-hybridized carbons (Fsp3) is 0.533. The van der Waals surface area contributed by atoms with Crippen LogP contribution in [0.4, 0.5) is 0 Å². The molecule has 1 aliphatic heterocycles. The number of aryl methyl sites for hydroxylation is 2. The lowest BCUT2D eigenvalue weighted by molar-refractivity contribution is 0.0307. The van der Waals surface area contributed by atoms with Gasteiger partial charge in [-0.25, -0.2) is 0 Å². The number of nitrogens with zero attached hydrogens (tertiary/aromatic N) is 2. The van der Waals surface area contributed by atoms with Gasteiger partial charge in [0.25, 0.3) is 5.91 Å². The Labute approximate surface area is 132 Å². The van der Waals surface area contributed by atoms with Crippen molar-refractivity contribution in [1.82, 2.24) is 15.5 Å². The van der Waals surface area contributed by atoms with Gasteiger partial charge in [0.2, 0.25) is 6.39 Å². The normalized spacial score (nSPS) is 17.4. The van der Waals surface area contributed by atoms with Crippen LogP contribution in [-0.4, -0.2) is 29.3 Å². The van der Waals surface area contributed by atoms with Crippen molar-refractivity contribution < 1.29 is 14.1 Å². The molecule has 0 atom stereocenters. The molecule has 2 aromatic rings. The van der Waals surface area contributed by atoms with E-state index in [4.69, 9.17) is 9.26 Å². The molecule has 6 nitrogen and oxygen atoms in total. The Kier molecular flexibility index (Phi) is 4.26. The standard InChI is InChI=1S/C15H19N3O3S/c1-3-11-10(2)8-12(22-11)13(19)17-15(4-6-20-7-5-15)14-16-9-21-18-14/h8-9H,3-7H2,1-2H3,(H,17,19). The number of hydrogen-bond donors (Lipinski definition) is 1. The van der Waals surface area contributed by atoms with Crippen LogP contribution in [-0.2, 0) is 16.7 Å². The van der Waals surface area contributed by atoms with Gasteiger partial charge in [-0.3, -0.25) is 4.79 Å². The van der Waals surface area contributed by atoms with Crippen molar-refractivity contribution in [2.75, 3.05) is 13.2 Å². The summed E-state index contributed by atoms with van der Waals surface area (Å²) in [6.45, 7) is 5.27. The molecule has 1 amide bonds. The molecule has 3 heterocycles. The summed E-state index contributed by atoms with van der Waals surface area (Å²) in [5, 5.41) is 7.07. The average Bonchev–Trinajstić information content (AvgIpc) is 3.17. The largest absolute Gasteiger partial charge is 0.381 e. The van der Waals surface area contributed by atoms with E-state index in [0.717, 1.165) is 11.3 Å². The van der Waals surface area contributed by atoms with Gasteiger partial charge in [-0.05, 0) is 25.0 Å². The molecule has 0 saturated carbocycles. The van der Waals surface area contributed by atoms with Gasteiger partial charge in [0, 0.05) is 30.9 Å². The van der Waals surface area contributed by atoms with Gasteiger partial charge in [0.15, 0.2) is 5.82 Å². The Morgan fingerprint density at radius 3 is 2.82 bits per heavy atom. The van der Waals surface area contributed by atoms with Crippen LogP contribution in [0.25, 0.3) is 0 Å². The fourth-order valence-electron chi connectivity index (χ4n) is 2.77. The number of ether oxygens (including phenoxy) is 1. The zero-order valence-electron chi connectivity index (χ0n) is 12.7. The molecule has 1 N–H and O–H groups in total. The third-order valence-corrected chi connectivity index (χ3v) is 5.43. The number of rotatable bonds is 4. The Bertz CT molecular complexity index is 645. The van der Waals surface area contributed by atoms with Crippen molar-refractivity contribution in [3.63, 3.8) is 0 Å². The molecule has 22 heavy (non-hydrogen) atoms. The Balaban J connectivity index is 1.85. The molecular weight excluding hydrogens is 302 g/mol. The summed E-state index contributed by atoms with van der Waals surface area (Å²) in [7, 11) is 0. The van der Waals surface area contributed by atoms with Crippen LogP contribution in [0.3, 0.4) is 0 Å². The third-order valence-electron chi connectivity index (χ3n) is 4.05. The van der Waals surface area contributed by atoms with Crippen LogP contribution in [0.15, 0.2) is 17.0 Å². The minimum Gasteiger partial charge on any atom is -0.381 e. The van der Waals surface area contributed by atoms with E-state index in [1.54, 1.807) is 11.3 Å². The van der Waals surface area contributed by atoms with E-state index in [2.05, 4.69) is 22.4 Å². The quantitative estimate of drug-likeness (QED) is 0.936. The molecule has 1 fully saturated rings. The Morgan fingerprint density at radius 1 is 1.45 bits per heavy atom. The summed E-state index contributed by atoms with van der Waals surface area (Å²) in [5.74, 6) is 0.438. The fourth-order valence-corrected chi connectivity index (χ4v) is 3.78. The Morgan fingerprint density at radius 2 is 2.23 bits per heavy atom. The molecule has 0 radical (unpaired) electrons. The predicted octanol–water partition coefficient (Wildman–Crippen LogP) is 2.44. The predicted molar refractivity (Wildman–Crippen MR) is 81.9 cm³/mol. The third kappa shape index (κ3) is 2.78. The molecule has 118 valence electrons. The summed E-state index contributed by atoms with van der Waals surface area (Å²) in [5.41, 5.74) is 0.560. The number of amides is 1. The highest BCUT2D eigenvalue weighted by molar-refractivity contribution is 7.14. The van der Waals surface area contributed by atoms with Crippen molar-refractivity contribution in [3.05, 3.63) is 33.6 Å². The van der Waals surface area contributed by atoms with E-state index in [1.165, 1.54) is 16.8 Å². The zero-order valence-corrected chi connectivity index (χ0v) is 13.5. The molecule has 3 rings (SSSR count). The number of nitrogens with one attached hydrogen (secondary N) is 1. The molecule has 1 saturated heterocycles. The maximum atomic E-state index is 12.7. The first-order valence-electron chi connectivity index (χ1n) is 7.41. The lowest BCUT2D eigenvalue weighted by Crippen LogP contribution is -2.50. The van der Waals surface area contributed by atoms with Gasteiger partial charge >= 0.3 is 0 Å². The molecule has 0 aromatic carbocycles. The van der Waals surface area contributed by atoms with Crippen molar-refractivity contribution in [2.24, 2.45) is 0 Å². The second-order valence-corrected chi connectivity index (χ2v) is 6.61. The van der Waals surface area contributed by atoms with Crippen LogP contribution < -0.4 is 5.32 Å². The van der Waals surface area contributed by atoms with Crippen molar-refractivity contribution >= 4 is 17.2 Å². The van der Waals surface area contributed by atoms with Gasteiger partial charge < -0.3 is 14.6 Å². The first kappa shape index (κ1) is 15.2. The monoisotopic (exact) mass is 321 g/mol. The summed E-state index contributed by atoms with van der Waals surface area (Å²) < 4.78 is 10.3. The highest BCUT2D eigenvalue weighted by Gasteiger charge is 2.40. The van der Waals surface area contributed by atoms with E-state index in [1.807, 2.05) is 13.0 Å². The van der Waals surface area contributed by atoms with Gasteiger partial charge in [0.1, 0.15) is 5.54 Å². The second-order valence-electron chi connectivity index (χ2n) is 5.47. The van der Waals surface area contributed by atoms with Crippen LogP contribution in [0.5, 0.6) is 0 Å². The molecule has 1 aliphatic rings. The molecular formula is C15H19N3O3S. The van der Waals surface area contributed by atoms with E-state index in [-0.39, 0.29) is 5.91 Å². The number of carbonyl (C=O) groups is 1. The topological polar surface area (TPSA) is 77.3 Å². The highest BCUT2D eigenvalue weighted by Crippen LogP contribution is 2.31. The minimum atomic E-state index is -0.605. The van der Waals surface area contributed by atoms with Crippen molar-refractivity contribution in [3.8, 4) is 0 Å². The lowest BCUT2D eigenvalue weighted by atomic mass is 9.89. The van der Waals surface area contributed by atoms with Gasteiger partial charge in [0.05, 0.1) is 4.88 Å². The molecule has 2 aromatic heterocycles. The highest BCUT2D eigenvalue weighted by atomic mass is 32.1. The van der Waals surface area contributed by atoms with Crippen LogP contribution >= 0.6 is 11.3 Å². The van der Waals surface area contributed by atoms with Gasteiger partial charge in [-0.1, -0.05) is 12.1 Å². The zero-order chi connectivity index (χ0) is 15.6. The smallest absolute Gasteiger partial charge is 0.262 e. The number of thiophene rings is 1. The van der Waals surface area contributed by atoms with E-state index >= 15 is 0 Å². The molecule has 0 aliphatic carbocycles. The average molecular weight is 321 g/mol.